The molecule has 0 spiro atoms. The van der Waals surface area contributed by atoms with Gasteiger partial charge in [-0.25, -0.2) is 4.79 Å². The summed E-state index contributed by atoms with van der Waals surface area (Å²) < 4.78 is 5.61. The van der Waals surface area contributed by atoms with Gasteiger partial charge in [-0.3, -0.25) is 0 Å². The number of carboxylic acids is 1. The van der Waals surface area contributed by atoms with Crippen molar-refractivity contribution in [1.29, 1.82) is 0 Å². The molecule has 0 radical (unpaired) electrons. The smallest absolute Gasteiger partial charge is 0.332 e. The van der Waals surface area contributed by atoms with Gasteiger partial charge in [0.15, 0.2) is 6.10 Å². The Morgan fingerprint density at radius 2 is 1.62 bits per heavy atom. The van der Waals surface area contributed by atoms with Gasteiger partial charge >= 0.3 is 5.97 Å². The number of ether oxygens (including phenoxy) is 1. The van der Waals surface area contributed by atoms with Crippen LogP contribution in [0.1, 0.15) is 38.5 Å². The minimum absolute atomic E-state index is 0.126. The first-order valence-electron chi connectivity index (χ1n) is 8.53. The molecule has 0 bridgehead atoms. The van der Waals surface area contributed by atoms with Gasteiger partial charge in [0.2, 0.25) is 0 Å². The van der Waals surface area contributed by atoms with Crippen molar-refractivity contribution >= 4 is 5.97 Å². The number of likely N-dealkylation sites (tertiary alicyclic amines) is 2. The van der Waals surface area contributed by atoms with Crippen molar-refractivity contribution in [3.8, 4) is 0 Å². The number of aliphatic carboxylic acids is 1. The summed E-state index contributed by atoms with van der Waals surface area (Å²) in [6, 6.07) is 0. The Kier molecular flexibility index (Phi) is 5.14. The second-order valence-corrected chi connectivity index (χ2v) is 6.91. The van der Waals surface area contributed by atoms with E-state index in [-0.39, 0.29) is 6.10 Å². The summed E-state index contributed by atoms with van der Waals surface area (Å²) >= 11 is 0. The second-order valence-electron chi connectivity index (χ2n) is 6.91. The van der Waals surface area contributed by atoms with E-state index in [0.717, 1.165) is 32.0 Å². The van der Waals surface area contributed by atoms with Crippen molar-refractivity contribution in [2.75, 3.05) is 39.3 Å². The maximum Gasteiger partial charge on any atom is 0.332 e. The SMILES string of the molecule is O=C(O)C1CCC(CN2CCC(CN3CCCC3)CC2)O1. The van der Waals surface area contributed by atoms with Gasteiger partial charge in [0.1, 0.15) is 0 Å². The summed E-state index contributed by atoms with van der Waals surface area (Å²) in [6.45, 7) is 7.10. The van der Waals surface area contributed by atoms with Crippen LogP contribution in [-0.4, -0.2) is 72.4 Å². The third-order valence-electron chi connectivity index (χ3n) is 5.27. The second kappa shape index (κ2) is 7.07. The first-order chi connectivity index (χ1) is 10.2. The van der Waals surface area contributed by atoms with Gasteiger partial charge in [-0.2, -0.15) is 0 Å². The molecular weight excluding hydrogens is 268 g/mol. The molecular formula is C16H28N2O3. The molecule has 0 amide bonds. The molecule has 0 aliphatic carbocycles. The molecule has 3 aliphatic rings. The maximum absolute atomic E-state index is 10.9. The molecule has 0 saturated carbocycles. The lowest BCUT2D eigenvalue weighted by Gasteiger charge is -2.34. The molecule has 3 aliphatic heterocycles. The van der Waals surface area contributed by atoms with Crippen LogP contribution >= 0.6 is 0 Å². The number of piperidine rings is 1. The van der Waals surface area contributed by atoms with Crippen molar-refractivity contribution in [3.63, 3.8) is 0 Å². The van der Waals surface area contributed by atoms with Crippen LogP contribution in [0.3, 0.4) is 0 Å². The molecule has 3 heterocycles. The summed E-state index contributed by atoms with van der Waals surface area (Å²) in [5.74, 6) is 0.0532. The fraction of sp³-hybridized carbons (Fsp3) is 0.938. The highest BCUT2D eigenvalue weighted by molar-refractivity contribution is 5.72. The molecule has 3 rings (SSSR count). The van der Waals surface area contributed by atoms with Crippen LogP contribution in [0.25, 0.3) is 0 Å². The first kappa shape index (κ1) is 15.3. The highest BCUT2D eigenvalue weighted by Crippen LogP contribution is 2.24. The largest absolute Gasteiger partial charge is 0.479 e. The number of rotatable bonds is 5. The van der Waals surface area contributed by atoms with E-state index < -0.39 is 12.1 Å². The van der Waals surface area contributed by atoms with Gasteiger partial charge in [-0.05, 0) is 70.6 Å². The van der Waals surface area contributed by atoms with Crippen molar-refractivity contribution in [3.05, 3.63) is 0 Å². The Morgan fingerprint density at radius 3 is 2.24 bits per heavy atom. The van der Waals surface area contributed by atoms with Crippen molar-refractivity contribution < 1.29 is 14.6 Å². The number of nitrogens with zero attached hydrogens (tertiary/aromatic N) is 2. The average Bonchev–Trinajstić information content (AvgIpc) is 3.12. The van der Waals surface area contributed by atoms with E-state index in [4.69, 9.17) is 9.84 Å². The Morgan fingerprint density at radius 1 is 0.952 bits per heavy atom. The Hall–Kier alpha value is -0.650. The average molecular weight is 296 g/mol. The summed E-state index contributed by atoms with van der Waals surface area (Å²) in [5.41, 5.74) is 0. The highest BCUT2D eigenvalue weighted by Gasteiger charge is 2.32. The quantitative estimate of drug-likeness (QED) is 0.832. The minimum Gasteiger partial charge on any atom is -0.479 e. The van der Waals surface area contributed by atoms with E-state index in [9.17, 15) is 4.79 Å². The molecule has 3 fully saturated rings. The fourth-order valence-electron chi connectivity index (χ4n) is 3.99. The van der Waals surface area contributed by atoms with E-state index in [2.05, 4.69) is 9.80 Å². The summed E-state index contributed by atoms with van der Waals surface area (Å²) in [5, 5.41) is 8.96. The van der Waals surface area contributed by atoms with E-state index in [0.29, 0.717) is 6.42 Å². The molecule has 1 N–H and O–H groups in total. The molecule has 5 heteroatoms. The van der Waals surface area contributed by atoms with Crippen LogP contribution in [-0.2, 0) is 9.53 Å². The highest BCUT2D eigenvalue weighted by atomic mass is 16.5. The molecule has 2 unspecified atom stereocenters. The minimum atomic E-state index is -0.804. The van der Waals surface area contributed by atoms with Gasteiger partial charge < -0.3 is 19.6 Å². The van der Waals surface area contributed by atoms with Crippen LogP contribution in [0.2, 0.25) is 0 Å². The van der Waals surface area contributed by atoms with Crippen molar-refractivity contribution in [2.24, 2.45) is 5.92 Å². The van der Waals surface area contributed by atoms with Crippen molar-refractivity contribution in [2.45, 2.75) is 50.7 Å². The van der Waals surface area contributed by atoms with Gasteiger partial charge in [0, 0.05) is 13.1 Å². The van der Waals surface area contributed by atoms with Crippen LogP contribution in [0, 0.1) is 5.92 Å². The Balaban J connectivity index is 1.35. The molecule has 120 valence electrons. The van der Waals surface area contributed by atoms with Crippen LogP contribution in [0.5, 0.6) is 0 Å². The summed E-state index contributed by atoms with van der Waals surface area (Å²) in [4.78, 5) is 16.0. The number of carboxylic acid groups (broad SMARTS) is 1. The molecule has 2 atom stereocenters. The monoisotopic (exact) mass is 296 g/mol. The molecule has 5 nitrogen and oxygen atoms in total. The first-order valence-corrected chi connectivity index (χ1v) is 8.53. The van der Waals surface area contributed by atoms with E-state index in [1.54, 1.807) is 0 Å². The van der Waals surface area contributed by atoms with Gasteiger partial charge in [-0.1, -0.05) is 0 Å². The lowest BCUT2D eigenvalue weighted by Crippen LogP contribution is -2.41. The molecule has 0 aromatic rings. The zero-order chi connectivity index (χ0) is 14.7. The molecule has 0 aromatic carbocycles. The third kappa shape index (κ3) is 4.18. The van der Waals surface area contributed by atoms with Gasteiger partial charge in [0.05, 0.1) is 6.10 Å². The molecule has 21 heavy (non-hydrogen) atoms. The fourth-order valence-corrected chi connectivity index (χ4v) is 3.99. The van der Waals surface area contributed by atoms with Crippen LogP contribution in [0.4, 0.5) is 0 Å². The predicted molar refractivity (Wildman–Crippen MR) is 80.4 cm³/mol. The number of carbonyl (C=O) groups is 1. The van der Waals surface area contributed by atoms with Crippen LogP contribution < -0.4 is 0 Å². The Bertz CT molecular complexity index is 349. The number of hydrogen-bond donors (Lipinski definition) is 1. The van der Waals surface area contributed by atoms with E-state index in [1.165, 1.54) is 45.3 Å². The van der Waals surface area contributed by atoms with E-state index >= 15 is 0 Å². The number of hydrogen-bond acceptors (Lipinski definition) is 4. The summed E-state index contributed by atoms with van der Waals surface area (Å²) in [6.07, 6.45) is 6.45. The predicted octanol–water partition coefficient (Wildman–Crippen LogP) is 1.43. The third-order valence-corrected chi connectivity index (χ3v) is 5.27. The van der Waals surface area contributed by atoms with Crippen LogP contribution in [0.15, 0.2) is 0 Å². The lowest BCUT2D eigenvalue weighted by molar-refractivity contribution is -0.149. The topological polar surface area (TPSA) is 53.0 Å². The normalized spacial score (nSPS) is 32.8. The zero-order valence-electron chi connectivity index (χ0n) is 12.9. The maximum atomic E-state index is 10.9. The molecule has 0 aromatic heterocycles. The van der Waals surface area contributed by atoms with Gasteiger partial charge in [-0.15, -0.1) is 0 Å². The molecule has 3 saturated heterocycles. The Labute approximate surface area is 127 Å². The summed E-state index contributed by atoms with van der Waals surface area (Å²) in [7, 11) is 0. The lowest BCUT2D eigenvalue weighted by atomic mass is 9.96. The van der Waals surface area contributed by atoms with Crippen molar-refractivity contribution in [1.82, 2.24) is 9.80 Å². The van der Waals surface area contributed by atoms with Gasteiger partial charge in [0.25, 0.3) is 0 Å². The zero-order valence-corrected chi connectivity index (χ0v) is 12.9. The van der Waals surface area contributed by atoms with E-state index in [1.807, 2.05) is 0 Å². The standard InChI is InChI=1S/C16H28N2O3/c19-16(20)15-4-3-14(21-15)12-18-9-5-13(6-10-18)11-17-7-1-2-8-17/h13-15H,1-12H2,(H,19,20).